The molecule has 1 aliphatic carbocycles. The van der Waals surface area contributed by atoms with Crippen molar-refractivity contribution >= 4 is 11.3 Å². The number of ether oxygens (including phenoxy) is 2. The molecule has 0 radical (unpaired) electrons. The van der Waals surface area contributed by atoms with Gasteiger partial charge < -0.3 is 14.8 Å². The quantitative estimate of drug-likeness (QED) is 0.873. The molecule has 0 fully saturated rings. The van der Waals surface area contributed by atoms with Crippen molar-refractivity contribution in [1.29, 1.82) is 0 Å². The summed E-state index contributed by atoms with van der Waals surface area (Å²) in [7, 11) is 3.44. The number of hydrogen-bond donors (Lipinski definition) is 1. The first-order chi connectivity index (χ1) is 12.1. The fraction of sp³-hybridized carbons (Fsp3) is 0.524. The lowest BCUT2D eigenvalue weighted by Gasteiger charge is -2.38. The van der Waals surface area contributed by atoms with Gasteiger partial charge in [0, 0.05) is 28.3 Å². The Morgan fingerprint density at radius 1 is 1.12 bits per heavy atom. The molecule has 3 nitrogen and oxygen atoms in total. The highest BCUT2D eigenvalue weighted by Crippen LogP contribution is 2.46. The maximum Gasteiger partial charge on any atom is 0.161 e. The molecule has 0 bridgehead atoms. The largest absolute Gasteiger partial charge is 0.493 e. The van der Waals surface area contributed by atoms with Crippen LogP contribution in [0.5, 0.6) is 11.5 Å². The molecule has 2 heterocycles. The van der Waals surface area contributed by atoms with Crippen molar-refractivity contribution in [3.8, 4) is 11.5 Å². The standard InChI is InChI=1S/C21H27NO2S/c1-12(2)7-14-9-16-20(25-14)11-22-17-6-5-13-8-18(23-3)19(24-4)10-15(13)21(16)17/h8-10,12,17,21-22H,5-7,11H2,1-4H3/t17-,21+/m0/s1. The summed E-state index contributed by atoms with van der Waals surface area (Å²) in [6, 6.07) is 7.39. The van der Waals surface area contributed by atoms with E-state index < -0.39 is 0 Å². The van der Waals surface area contributed by atoms with Gasteiger partial charge in [-0.05, 0) is 60.1 Å². The second-order valence-electron chi connectivity index (χ2n) is 7.60. The highest BCUT2D eigenvalue weighted by atomic mass is 32.1. The zero-order valence-corrected chi connectivity index (χ0v) is 16.3. The molecule has 2 aromatic rings. The minimum absolute atomic E-state index is 0.435. The first-order valence-electron chi connectivity index (χ1n) is 9.20. The summed E-state index contributed by atoms with van der Waals surface area (Å²) < 4.78 is 11.1. The minimum atomic E-state index is 0.435. The first-order valence-corrected chi connectivity index (χ1v) is 10.0. The van der Waals surface area contributed by atoms with Crippen LogP contribution < -0.4 is 14.8 Å². The summed E-state index contributed by atoms with van der Waals surface area (Å²) in [6.45, 7) is 5.61. The average Bonchev–Trinajstić information content (AvgIpc) is 3.01. The maximum absolute atomic E-state index is 5.59. The van der Waals surface area contributed by atoms with E-state index in [2.05, 4.69) is 37.4 Å². The van der Waals surface area contributed by atoms with Gasteiger partial charge in [0.25, 0.3) is 0 Å². The Labute approximate surface area is 154 Å². The molecule has 4 rings (SSSR count). The van der Waals surface area contributed by atoms with Crippen molar-refractivity contribution in [3.63, 3.8) is 0 Å². The Morgan fingerprint density at radius 2 is 1.88 bits per heavy atom. The van der Waals surface area contributed by atoms with E-state index in [1.54, 1.807) is 14.2 Å². The summed E-state index contributed by atoms with van der Waals surface area (Å²) in [5, 5.41) is 3.79. The maximum atomic E-state index is 5.59. The van der Waals surface area contributed by atoms with E-state index in [4.69, 9.17) is 9.47 Å². The van der Waals surface area contributed by atoms with Gasteiger partial charge in [-0.1, -0.05) is 13.8 Å². The Bertz CT molecular complexity index is 780. The fourth-order valence-electron chi connectivity index (χ4n) is 4.37. The highest BCUT2D eigenvalue weighted by molar-refractivity contribution is 7.12. The second-order valence-corrected chi connectivity index (χ2v) is 8.82. The van der Waals surface area contributed by atoms with Crippen LogP contribution in [0, 0.1) is 5.92 Å². The van der Waals surface area contributed by atoms with Gasteiger partial charge in [-0.15, -0.1) is 11.3 Å². The van der Waals surface area contributed by atoms with Crippen LogP contribution in [-0.2, 0) is 19.4 Å². The van der Waals surface area contributed by atoms with Crippen molar-refractivity contribution in [2.75, 3.05) is 14.2 Å². The van der Waals surface area contributed by atoms with E-state index in [0.717, 1.165) is 24.5 Å². The molecule has 2 aliphatic rings. The molecule has 4 heteroatoms. The van der Waals surface area contributed by atoms with Crippen LogP contribution in [0.2, 0.25) is 0 Å². The smallest absolute Gasteiger partial charge is 0.161 e. The molecule has 134 valence electrons. The number of methoxy groups -OCH3 is 2. The number of benzene rings is 1. The van der Waals surface area contributed by atoms with E-state index in [0.29, 0.717) is 17.9 Å². The third-order valence-electron chi connectivity index (χ3n) is 5.47. The number of hydrogen-bond acceptors (Lipinski definition) is 4. The van der Waals surface area contributed by atoms with Gasteiger partial charge in [0.15, 0.2) is 11.5 Å². The van der Waals surface area contributed by atoms with Crippen molar-refractivity contribution in [3.05, 3.63) is 44.6 Å². The average molecular weight is 358 g/mol. The van der Waals surface area contributed by atoms with E-state index in [1.807, 2.05) is 11.3 Å². The Morgan fingerprint density at radius 3 is 2.60 bits per heavy atom. The third kappa shape index (κ3) is 2.96. The summed E-state index contributed by atoms with van der Waals surface area (Å²) in [5.74, 6) is 2.82. The molecule has 0 saturated carbocycles. The molecule has 0 unspecified atom stereocenters. The molecule has 2 atom stereocenters. The molecular formula is C21H27NO2S. The zero-order chi connectivity index (χ0) is 17.6. The van der Waals surface area contributed by atoms with Crippen molar-refractivity contribution in [2.45, 2.75) is 51.6 Å². The molecular weight excluding hydrogens is 330 g/mol. The number of rotatable bonds is 4. The minimum Gasteiger partial charge on any atom is -0.493 e. The van der Waals surface area contributed by atoms with E-state index in [9.17, 15) is 0 Å². The molecule has 0 amide bonds. The number of aryl methyl sites for hydroxylation is 1. The normalized spacial score (nSPS) is 21.5. The van der Waals surface area contributed by atoms with Gasteiger partial charge in [-0.2, -0.15) is 0 Å². The first kappa shape index (κ1) is 16.9. The number of nitrogens with one attached hydrogen (secondary N) is 1. The lowest BCUT2D eigenvalue weighted by molar-refractivity contribution is 0.349. The molecule has 0 spiro atoms. The Hall–Kier alpha value is -1.52. The predicted molar refractivity (Wildman–Crippen MR) is 103 cm³/mol. The van der Waals surface area contributed by atoms with Crippen LogP contribution in [0.3, 0.4) is 0 Å². The molecule has 1 aromatic carbocycles. The summed E-state index contributed by atoms with van der Waals surface area (Å²) in [6.07, 6.45) is 3.46. The molecule has 1 aromatic heterocycles. The summed E-state index contributed by atoms with van der Waals surface area (Å²) in [5.41, 5.74) is 4.36. The molecule has 1 N–H and O–H groups in total. The number of fused-ring (bicyclic) bond motifs is 5. The zero-order valence-electron chi connectivity index (χ0n) is 15.5. The Kier molecular flexibility index (Phi) is 4.50. The van der Waals surface area contributed by atoms with E-state index in [1.165, 1.54) is 39.3 Å². The molecule has 1 aliphatic heterocycles. The van der Waals surface area contributed by atoms with Crippen LogP contribution in [0.4, 0.5) is 0 Å². The van der Waals surface area contributed by atoms with Crippen molar-refractivity contribution < 1.29 is 9.47 Å². The van der Waals surface area contributed by atoms with E-state index in [-0.39, 0.29) is 0 Å². The van der Waals surface area contributed by atoms with E-state index >= 15 is 0 Å². The molecule has 25 heavy (non-hydrogen) atoms. The van der Waals surface area contributed by atoms with Crippen LogP contribution in [0.15, 0.2) is 18.2 Å². The lowest BCUT2D eigenvalue weighted by Crippen LogP contribution is -2.42. The highest BCUT2D eigenvalue weighted by Gasteiger charge is 2.37. The van der Waals surface area contributed by atoms with Crippen LogP contribution in [0.1, 0.15) is 52.6 Å². The van der Waals surface area contributed by atoms with Crippen LogP contribution >= 0.6 is 11.3 Å². The Balaban J connectivity index is 1.80. The predicted octanol–water partition coefficient (Wildman–Crippen LogP) is 4.51. The van der Waals surface area contributed by atoms with Crippen LogP contribution in [0.25, 0.3) is 0 Å². The van der Waals surface area contributed by atoms with Crippen molar-refractivity contribution in [2.24, 2.45) is 5.92 Å². The van der Waals surface area contributed by atoms with Gasteiger partial charge in [0.1, 0.15) is 0 Å². The topological polar surface area (TPSA) is 30.5 Å². The SMILES string of the molecule is COc1cc2c(cc1OC)[C@@H]1c3cc(CC(C)C)sc3CN[C@H]1CC2. The summed E-state index contributed by atoms with van der Waals surface area (Å²) in [4.78, 5) is 3.04. The lowest BCUT2D eigenvalue weighted by atomic mass is 9.74. The van der Waals surface area contributed by atoms with Crippen molar-refractivity contribution in [1.82, 2.24) is 5.32 Å². The third-order valence-corrected chi connectivity index (χ3v) is 6.64. The van der Waals surface area contributed by atoms with Gasteiger partial charge in [0.05, 0.1) is 14.2 Å². The van der Waals surface area contributed by atoms with Gasteiger partial charge in [-0.3, -0.25) is 0 Å². The molecule has 0 saturated heterocycles. The van der Waals surface area contributed by atoms with Gasteiger partial charge in [-0.25, -0.2) is 0 Å². The monoisotopic (exact) mass is 357 g/mol. The number of thiophene rings is 1. The van der Waals surface area contributed by atoms with Gasteiger partial charge >= 0.3 is 0 Å². The fourth-order valence-corrected chi connectivity index (χ4v) is 5.75. The summed E-state index contributed by atoms with van der Waals surface area (Å²) >= 11 is 1.99. The van der Waals surface area contributed by atoms with Gasteiger partial charge in [0.2, 0.25) is 0 Å². The van der Waals surface area contributed by atoms with Crippen LogP contribution in [-0.4, -0.2) is 20.3 Å². The second kappa shape index (κ2) is 6.65.